The van der Waals surface area contributed by atoms with Crippen LogP contribution in [0.4, 0.5) is 11.4 Å². The zero-order valence-electron chi connectivity index (χ0n) is 29.0. The third-order valence-corrected chi connectivity index (χ3v) is 10.1. The molecule has 0 bridgehead atoms. The minimum atomic E-state index is -0.167. The first kappa shape index (κ1) is 35.3. The second-order valence-electron chi connectivity index (χ2n) is 13.2. The largest absolute Gasteiger partial charge is 0.372 e. The molecule has 0 spiro atoms. The third kappa shape index (κ3) is 7.07. The van der Waals surface area contributed by atoms with E-state index in [1.54, 1.807) is 0 Å². The molecule has 242 valence electrons. The van der Waals surface area contributed by atoms with Gasteiger partial charge in [-0.3, -0.25) is 0 Å². The van der Waals surface area contributed by atoms with E-state index in [9.17, 15) is 0 Å². The lowest BCUT2D eigenvalue weighted by atomic mass is 9.81. The highest BCUT2D eigenvalue weighted by Gasteiger charge is 2.44. The van der Waals surface area contributed by atoms with Crippen molar-refractivity contribution in [3.63, 3.8) is 0 Å². The van der Waals surface area contributed by atoms with Gasteiger partial charge in [-0.25, -0.2) is 0 Å². The van der Waals surface area contributed by atoms with Gasteiger partial charge in [0.15, 0.2) is 5.71 Å². The van der Waals surface area contributed by atoms with E-state index in [2.05, 4.69) is 113 Å². The van der Waals surface area contributed by atoms with Gasteiger partial charge in [0.2, 0.25) is 5.69 Å². The van der Waals surface area contributed by atoms with Crippen molar-refractivity contribution in [2.24, 2.45) is 0 Å². The maximum atomic E-state index is 7.12. The Balaban J connectivity index is 0.00000226. The smallest absolute Gasteiger partial charge is 0.209 e. The average Bonchev–Trinajstić information content (AvgIpc) is 3.36. The molecule has 5 heteroatoms. The van der Waals surface area contributed by atoms with Crippen LogP contribution in [-0.4, -0.2) is 36.6 Å². The number of halogens is 2. The maximum absolute atomic E-state index is 7.12. The fourth-order valence-electron chi connectivity index (χ4n) is 6.76. The topological polar surface area (TPSA) is 15.5 Å². The minimum Gasteiger partial charge on any atom is -0.372 e. The number of unbranched alkanes of at least 4 members (excludes halogenated alkanes) is 2. The van der Waals surface area contributed by atoms with Crippen molar-refractivity contribution >= 4 is 40.3 Å². The van der Waals surface area contributed by atoms with Gasteiger partial charge in [-0.2, -0.15) is 4.58 Å². The number of hydrogen-bond donors (Lipinski definition) is 0. The molecule has 45 heavy (non-hydrogen) atoms. The molecular weight excluding hydrogens is 595 g/mol. The quantitative estimate of drug-likeness (QED) is 0.252. The fourth-order valence-corrected chi connectivity index (χ4v) is 7.16. The summed E-state index contributed by atoms with van der Waals surface area (Å²) in [5, 5.41) is 1.57. The number of aryl methyl sites for hydroxylation is 1. The molecule has 3 nitrogen and oxygen atoms in total. The molecule has 0 unspecified atom stereocenters. The molecule has 0 saturated carbocycles. The van der Waals surface area contributed by atoms with E-state index in [0.717, 1.165) is 60.0 Å². The van der Waals surface area contributed by atoms with Gasteiger partial charge < -0.3 is 9.64 Å². The molecule has 3 heterocycles. The van der Waals surface area contributed by atoms with Crippen LogP contribution in [0.3, 0.4) is 0 Å². The summed E-state index contributed by atoms with van der Waals surface area (Å²) in [7, 11) is 0. The predicted molar refractivity (Wildman–Crippen MR) is 196 cm³/mol. The zero-order chi connectivity index (χ0) is 32.9. The van der Waals surface area contributed by atoms with Crippen molar-refractivity contribution in [1.82, 2.24) is 0 Å². The summed E-state index contributed by atoms with van der Waals surface area (Å²) in [4.78, 5) is 2.51. The fraction of sp³-hybridized carbons (Fsp3) is 0.475. The van der Waals surface area contributed by atoms with E-state index in [0.29, 0.717) is 13.2 Å². The summed E-state index contributed by atoms with van der Waals surface area (Å²) in [6.07, 6.45) is 13.4. The summed E-state index contributed by atoms with van der Waals surface area (Å²) in [5.74, 6) is 0. The van der Waals surface area contributed by atoms with Crippen molar-refractivity contribution in [2.45, 2.75) is 98.8 Å². The number of benzene rings is 2. The van der Waals surface area contributed by atoms with Gasteiger partial charge >= 0.3 is 0 Å². The average molecular weight is 649 g/mol. The minimum absolute atomic E-state index is 0.0921. The standard InChI is InChI=1S/C38H47Cl2N2O.C2H6/c1-8-10-20-41-32-16-12-26(3)22-30(32)37(4,5)34(41)18-13-27-24-43-25-28(36(27)40)14-19-35-38(6,7)31-23-29(39)15-17-33(31)42(35)21-11-9-2;1-2/h12-19,22-23H,8-11,20-21,24-25H2,1-7H3;1-2H3/q+1;. The molecule has 3 aliphatic heterocycles. The summed E-state index contributed by atoms with van der Waals surface area (Å²) in [6.45, 7) is 22.9. The molecule has 5 rings (SSSR count). The van der Waals surface area contributed by atoms with Crippen LogP contribution in [-0.2, 0) is 15.6 Å². The van der Waals surface area contributed by atoms with Gasteiger partial charge in [0.05, 0.1) is 23.7 Å². The highest BCUT2D eigenvalue weighted by atomic mass is 35.5. The Morgan fingerprint density at radius 1 is 0.867 bits per heavy atom. The van der Waals surface area contributed by atoms with Gasteiger partial charge in [-0.1, -0.05) is 101 Å². The first-order valence-electron chi connectivity index (χ1n) is 16.9. The Morgan fingerprint density at radius 2 is 1.60 bits per heavy atom. The number of ether oxygens (including phenoxy) is 1. The summed E-state index contributed by atoms with van der Waals surface area (Å²) < 4.78 is 8.55. The van der Waals surface area contributed by atoms with Crippen LogP contribution in [0.5, 0.6) is 0 Å². The van der Waals surface area contributed by atoms with Gasteiger partial charge in [0, 0.05) is 52.5 Å². The monoisotopic (exact) mass is 647 g/mol. The second kappa shape index (κ2) is 14.9. The lowest BCUT2D eigenvalue weighted by Gasteiger charge is -2.27. The van der Waals surface area contributed by atoms with Crippen LogP contribution in [0.2, 0.25) is 5.02 Å². The van der Waals surface area contributed by atoms with Gasteiger partial charge in [-0.05, 0) is 74.3 Å². The Kier molecular flexibility index (Phi) is 11.7. The number of hydrogen-bond acceptors (Lipinski definition) is 2. The van der Waals surface area contributed by atoms with E-state index in [4.69, 9.17) is 27.9 Å². The summed E-state index contributed by atoms with van der Waals surface area (Å²) in [6, 6.07) is 13.1. The van der Waals surface area contributed by atoms with Crippen molar-refractivity contribution in [2.75, 3.05) is 31.2 Å². The van der Waals surface area contributed by atoms with Crippen LogP contribution in [0, 0.1) is 6.92 Å². The van der Waals surface area contributed by atoms with Crippen molar-refractivity contribution < 1.29 is 9.31 Å². The molecule has 0 radical (unpaired) electrons. The summed E-state index contributed by atoms with van der Waals surface area (Å²) >= 11 is 13.6. The Labute approximate surface area is 283 Å². The van der Waals surface area contributed by atoms with Gasteiger partial charge in [-0.15, -0.1) is 0 Å². The number of allylic oxidation sites excluding steroid dienone is 4. The third-order valence-electron chi connectivity index (χ3n) is 9.34. The lowest BCUT2D eigenvalue weighted by Crippen LogP contribution is -2.28. The first-order chi connectivity index (χ1) is 21.5. The van der Waals surface area contributed by atoms with Crippen molar-refractivity contribution in [3.05, 3.63) is 104 Å². The molecule has 0 atom stereocenters. The van der Waals surface area contributed by atoms with Gasteiger partial charge in [0.1, 0.15) is 6.54 Å². The predicted octanol–water partition coefficient (Wildman–Crippen LogP) is 11.3. The van der Waals surface area contributed by atoms with Crippen molar-refractivity contribution in [3.8, 4) is 0 Å². The van der Waals surface area contributed by atoms with E-state index >= 15 is 0 Å². The SMILES string of the molecule is CC.CCCCN1/C(=C/C=C2\COCC(/C=C/C3=[N+](CCCC)c4ccc(Cl)cc4C3(C)C)=C2Cl)C(C)(C)c2cc(C)ccc21. The Morgan fingerprint density at radius 3 is 2.31 bits per heavy atom. The molecule has 2 aromatic carbocycles. The molecule has 2 aromatic rings. The summed E-state index contributed by atoms with van der Waals surface area (Å²) in [5.41, 5.74) is 10.9. The number of fused-ring (bicyclic) bond motifs is 2. The Bertz CT molecular complexity index is 1550. The molecule has 0 saturated heterocycles. The van der Waals surface area contributed by atoms with Crippen LogP contribution >= 0.6 is 23.2 Å². The van der Waals surface area contributed by atoms with Crippen LogP contribution in [0.1, 0.15) is 97.8 Å². The number of rotatable bonds is 9. The molecule has 0 amide bonds. The first-order valence-corrected chi connectivity index (χ1v) is 17.7. The zero-order valence-corrected chi connectivity index (χ0v) is 30.5. The highest BCUT2D eigenvalue weighted by molar-refractivity contribution is 6.32. The highest BCUT2D eigenvalue weighted by Crippen LogP contribution is 2.48. The maximum Gasteiger partial charge on any atom is 0.209 e. The van der Waals surface area contributed by atoms with Crippen LogP contribution < -0.4 is 4.90 Å². The van der Waals surface area contributed by atoms with E-state index in [1.807, 2.05) is 19.9 Å². The molecule has 0 N–H and O–H groups in total. The van der Waals surface area contributed by atoms with E-state index < -0.39 is 0 Å². The van der Waals surface area contributed by atoms with Crippen molar-refractivity contribution in [1.29, 1.82) is 0 Å². The van der Waals surface area contributed by atoms with E-state index in [-0.39, 0.29) is 10.8 Å². The van der Waals surface area contributed by atoms with Crippen LogP contribution in [0.15, 0.2) is 82.6 Å². The molecule has 0 aromatic heterocycles. The number of nitrogens with zero attached hydrogens (tertiary/aromatic N) is 2. The number of anilines is 1. The van der Waals surface area contributed by atoms with Gasteiger partial charge in [0.25, 0.3) is 0 Å². The molecule has 0 fully saturated rings. The molecular formula is C40H53Cl2N2O+. The molecule has 3 aliphatic rings. The second-order valence-corrected chi connectivity index (χ2v) is 14.1. The Hall–Kier alpha value is -2.59. The van der Waals surface area contributed by atoms with Crippen LogP contribution in [0.25, 0.3) is 0 Å². The molecule has 0 aliphatic carbocycles. The normalized spacial score (nSPS) is 20.3. The lowest BCUT2D eigenvalue weighted by molar-refractivity contribution is -0.438. The van der Waals surface area contributed by atoms with E-state index in [1.165, 1.54) is 39.5 Å².